The Hall–Kier alpha value is -1.88. The highest BCUT2D eigenvalue weighted by atomic mass is 16.5. The summed E-state index contributed by atoms with van der Waals surface area (Å²) in [5, 5.41) is 11.4. The first-order valence-corrected chi connectivity index (χ1v) is 6.64. The van der Waals surface area contributed by atoms with E-state index >= 15 is 0 Å². The lowest BCUT2D eigenvalue weighted by Crippen LogP contribution is -2.45. The fourth-order valence-electron chi connectivity index (χ4n) is 1.73. The first-order valence-electron chi connectivity index (χ1n) is 6.64. The van der Waals surface area contributed by atoms with E-state index in [1.165, 1.54) is 0 Å². The summed E-state index contributed by atoms with van der Waals surface area (Å²) in [5.41, 5.74) is 1.14. The second-order valence-electron chi connectivity index (χ2n) is 4.92. The topological polar surface area (TPSA) is 75.6 Å². The lowest BCUT2D eigenvalue weighted by Gasteiger charge is -2.17. The fourth-order valence-corrected chi connectivity index (χ4v) is 1.73. The summed E-state index contributed by atoms with van der Waals surface area (Å²) in [4.78, 5) is 22.5. The Bertz CT molecular complexity index is 431. The maximum atomic E-state index is 11.6. The van der Waals surface area contributed by atoms with Gasteiger partial charge in [0.05, 0.1) is 6.61 Å². The van der Waals surface area contributed by atoms with E-state index in [-0.39, 0.29) is 12.5 Å². The number of benzene rings is 1. The Morgan fingerprint density at radius 1 is 1.25 bits per heavy atom. The molecule has 0 aliphatic rings. The normalized spacial score (nSPS) is 12.2. The number of hydrogen-bond acceptors (Lipinski definition) is 3. The molecule has 0 aliphatic heterocycles. The molecule has 110 valence electrons. The summed E-state index contributed by atoms with van der Waals surface area (Å²) in [6, 6.07) is 8.94. The molecular formula is C15H21NO4. The molecule has 20 heavy (non-hydrogen) atoms. The van der Waals surface area contributed by atoms with Gasteiger partial charge in [-0.15, -0.1) is 0 Å². The molecule has 0 radical (unpaired) electrons. The van der Waals surface area contributed by atoms with E-state index in [0.29, 0.717) is 6.61 Å². The fraction of sp³-hybridized carbons (Fsp3) is 0.467. The predicted octanol–water partition coefficient (Wildman–Crippen LogP) is 1.47. The molecule has 0 aromatic heterocycles. The molecule has 1 atom stereocenters. The Balaban J connectivity index is 2.24. The Morgan fingerprint density at radius 3 is 2.45 bits per heavy atom. The lowest BCUT2D eigenvalue weighted by molar-refractivity contribution is -0.143. The number of amides is 1. The zero-order valence-electron chi connectivity index (χ0n) is 11.8. The summed E-state index contributed by atoms with van der Waals surface area (Å²) >= 11 is 0. The number of carboxylic acid groups (broad SMARTS) is 1. The van der Waals surface area contributed by atoms with Crippen molar-refractivity contribution in [2.45, 2.75) is 26.3 Å². The number of carbonyl (C=O) groups excluding carboxylic acids is 1. The van der Waals surface area contributed by atoms with Crippen molar-refractivity contribution in [3.8, 4) is 0 Å². The molecule has 0 saturated carbocycles. The van der Waals surface area contributed by atoms with Crippen LogP contribution in [-0.4, -0.2) is 36.2 Å². The van der Waals surface area contributed by atoms with Crippen LogP contribution >= 0.6 is 0 Å². The van der Waals surface area contributed by atoms with Crippen molar-refractivity contribution in [3.05, 3.63) is 35.9 Å². The Kier molecular flexibility index (Phi) is 6.73. The van der Waals surface area contributed by atoms with Crippen LogP contribution in [0.1, 0.15) is 19.4 Å². The van der Waals surface area contributed by atoms with Crippen LogP contribution in [0.2, 0.25) is 0 Å². The highest BCUT2D eigenvalue weighted by Crippen LogP contribution is 2.02. The van der Waals surface area contributed by atoms with Gasteiger partial charge >= 0.3 is 5.97 Å². The molecule has 1 aromatic rings. The van der Waals surface area contributed by atoms with Crippen molar-refractivity contribution in [3.63, 3.8) is 0 Å². The van der Waals surface area contributed by atoms with E-state index in [2.05, 4.69) is 5.32 Å². The second kappa shape index (κ2) is 8.32. The number of ether oxygens (including phenoxy) is 1. The van der Waals surface area contributed by atoms with E-state index in [1.54, 1.807) is 13.8 Å². The monoisotopic (exact) mass is 279 g/mol. The minimum Gasteiger partial charge on any atom is -0.480 e. The average Bonchev–Trinajstić information content (AvgIpc) is 2.41. The quantitative estimate of drug-likeness (QED) is 0.707. The molecule has 5 nitrogen and oxygen atoms in total. The first kappa shape index (κ1) is 16.2. The van der Waals surface area contributed by atoms with Gasteiger partial charge in [-0.25, -0.2) is 4.79 Å². The minimum absolute atomic E-state index is 0.122. The van der Waals surface area contributed by atoms with E-state index in [1.807, 2.05) is 30.3 Å². The lowest BCUT2D eigenvalue weighted by atomic mass is 10.1. The molecule has 5 heteroatoms. The van der Waals surface area contributed by atoms with Crippen LogP contribution in [0.3, 0.4) is 0 Å². The molecule has 0 unspecified atom stereocenters. The minimum atomic E-state index is -1.03. The van der Waals surface area contributed by atoms with Crippen molar-refractivity contribution in [1.82, 2.24) is 5.32 Å². The van der Waals surface area contributed by atoms with Gasteiger partial charge in [0.1, 0.15) is 12.6 Å². The SMILES string of the molecule is CC(C)[C@H](NC(=O)COCCc1ccccc1)C(=O)O. The van der Waals surface area contributed by atoms with Crippen molar-refractivity contribution < 1.29 is 19.4 Å². The molecule has 0 spiro atoms. The summed E-state index contributed by atoms with van der Waals surface area (Å²) in [7, 11) is 0. The molecule has 2 N–H and O–H groups in total. The third-order valence-corrected chi connectivity index (χ3v) is 2.86. The molecule has 0 heterocycles. The molecular weight excluding hydrogens is 258 g/mol. The Labute approximate surface area is 118 Å². The number of hydrogen-bond donors (Lipinski definition) is 2. The third kappa shape index (κ3) is 5.84. The summed E-state index contributed by atoms with van der Waals surface area (Å²) in [5.74, 6) is -1.60. The maximum Gasteiger partial charge on any atom is 0.326 e. The van der Waals surface area contributed by atoms with Crippen molar-refractivity contribution >= 4 is 11.9 Å². The summed E-state index contributed by atoms with van der Waals surface area (Å²) in [6.45, 7) is 3.80. The number of aliphatic carboxylic acids is 1. The van der Waals surface area contributed by atoms with Crippen LogP contribution < -0.4 is 5.32 Å². The Morgan fingerprint density at radius 2 is 1.90 bits per heavy atom. The number of carboxylic acids is 1. The van der Waals surface area contributed by atoms with Gasteiger partial charge in [-0.1, -0.05) is 44.2 Å². The van der Waals surface area contributed by atoms with E-state index in [4.69, 9.17) is 9.84 Å². The molecule has 0 fully saturated rings. The van der Waals surface area contributed by atoms with Gasteiger partial charge in [0.2, 0.25) is 5.91 Å². The third-order valence-electron chi connectivity index (χ3n) is 2.86. The smallest absolute Gasteiger partial charge is 0.326 e. The van der Waals surface area contributed by atoms with Gasteiger partial charge in [0.25, 0.3) is 0 Å². The maximum absolute atomic E-state index is 11.6. The standard InChI is InChI=1S/C15H21NO4/c1-11(2)14(15(18)19)16-13(17)10-20-9-8-12-6-4-3-5-7-12/h3-7,11,14H,8-10H2,1-2H3,(H,16,17)(H,18,19)/t14-/m0/s1. The zero-order valence-corrected chi connectivity index (χ0v) is 11.8. The second-order valence-corrected chi connectivity index (χ2v) is 4.92. The van der Waals surface area contributed by atoms with Gasteiger partial charge in [0, 0.05) is 0 Å². The predicted molar refractivity (Wildman–Crippen MR) is 75.4 cm³/mol. The van der Waals surface area contributed by atoms with Gasteiger partial charge < -0.3 is 15.2 Å². The van der Waals surface area contributed by atoms with E-state index in [0.717, 1.165) is 12.0 Å². The molecule has 1 rings (SSSR count). The highest BCUT2D eigenvalue weighted by molar-refractivity contribution is 5.84. The van der Waals surface area contributed by atoms with Crippen LogP contribution in [0.25, 0.3) is 0 Å². The van der Waals surface area contributed by atoms with Crippen LogP contribution in [0.15, 0.2) is 30.3 Å². The molecule has 1 amide bonds. The number of carbonyl (C=O) groups is 2. The molecule has 0 bridgehead atoms. The highest BCUT2D eigenvalue weighted by Gasteiger charge is 2.23. The van der Waals surface area contributed by atoms with Crippen LogP contribution in [0.4, 0.5) is 0 Å². The van der Waals surface area contributed by atoms with Crippen molar-refractivity contribution in [2.75, 3.05) is 13.2 Å². The first-order chi connectivity index (χ1) is 9.50. The van der Waals surface area contributed by atoms with E-state index in [9.17, 15) is 9.59 Å². The zero-order chi connectivity index (χ0) is 15.0. The van der Waals surface area contributed by atoms with Gasteiger partial charge in [0.15, 0.2) is 0 Å². The van der Waals surface area contributed by atoms with E-state index < -0.39 is 17.9 Å². The van der Waals surface area contributed by atoms with Crippen molar-refractivity contribution in [2.24, 2.45) is 5.92 Å². The molecule has 0 saturated heterocycles. The van der Waals surface area contributed by atoms with Crippen LogP contribution in [0.5, 0.6) is 0 Å². The van der Waals surface area contributed by atoms with Gasteiger partial charge in [-0.2, -0.15) is 0 Å². The van der Waals surface area contributed by atoms with Crippen LogP contribution in [0, 0.1) is 5.92 Å². The van der Waals surface area contributed by atoms with Gasteiger partial charge in [-0.3, -0.25) is 4.79 Å². The molecule has 1 aromatic carbocycles. The van der Waals surface area contributed by atoms with Gasteiger partial charge in [-0.05, 0) is 17.9 Å². The summed E-state index contributed by atoms with van der Waals surface area (Å²) in [6.07, 6.45) is 0.723. The van der Waals surface area contributed by atoms with Crippen LogP contribution in [-0.2, 0) is 20.7 Å². The number of rotatable bonds is 8. The average molecular weight is 279 g/mol. The largest absolute Gasteiger partial charge is 0.480 e. The summed E-state index contributed by atoms with van der Waals surface area (Å²) < 4.78 is 5.25. The number of nitrogens with one attached hydrogen (secondary N) is 1. The van der Waals surface area contributed by atoms with Crippen molar-refractivity contribution in [1.29, 1.82) is 0 Å². The molecule has 0 aliphatic carbocycles.